The van der Waals surface area contributed by atoms with Crippen molar-refractivity contribution in [2.45, 2.75) is 65.0 Å². The van der Waals surface area contributed by atoms with Crippen LogP contribution in [0.4, 0.5) is 5.82 Å². The van der Waals surface area contributed by atoms with E-state index >= 15 is 0 Å². The van der Waals surface area contributed by atoms with Gasteiger partial charge in [0.1, 0.15) is 12.4 Å². The lowest BCUT2D eigenvalue weighted by Gasteiger charge is -2.41. The van der Waals surface area contributed by atoms with Gasteiger partial charge in [-0.1, -0.05) is 43.8 Å². The van der Waals surface area contributed by atoms with Gasteiger partial charge < -0.3 is 24.5 Å². The van der Waals surface area contributed by atoms with E-state index in [-0.39, 0.29) is 17.9 Å². The van der Waals surface area contributed by atoms with Gasteiger partial charge in [-0.3, -0.25) is 4.79 Å². The van der Waals surface area contributed by atoms with Gasteiger partial charge in [0.25, 0.3) is 0 Å². The van der Waals surface area contributed by atoms with Crippen molar-refractivity contribution in [2.75, 3.05) is 44.7 Å². The molecular weight excluding hydrogens is 526 g/mol. The lowest BCUT2D eigenvalue weighted by Crippen LogP contribution is -2.54. The summed E-state index contributed by atoms with van der Waals surface area (Å²) in [7, 11) is 2.15. The molecule has 1 unspecified atom stereocenters. The van der Waals surface area contributed by atoms with Crippen molar-refractivity contribution in [1.82, 2.24) is 19.8 Å². The molecule has 2 aliphatic heterocycles. The smallest absolute Gasteiger partial charge is 0.318 e. The topological polar surface area (TPSA) is 82.0 Å². The molecule has 1 aliphatic carbocycles. The standard InChI is InChI=1S/C34H45N5O3/c1-6-25(30-15-14-28(40)19-26-11-8-9-13-29(26)30)20-31-24(4)33(39-18-17-38(21-23(39)3)32(41)7-2)36-34(35-31)42-22-27-12-10-16-37(27)5/h7-9,11,13,15,19,23,25,27,40H,2,6,10,12,14,16-18,20-22H2,1,3-5H3/t23-,25-,27?/m0/s1. The number of benzene rings is 1. The van der Waals surface area contributed by atoms with Crippen molar-refractivity contribution in [1.29, 1.82) is 0 Å². The molecular formula is C34H45N5O3. The Kier molecular flexibility index (Phi) is 9.31. The number of carbonyl (C=O) groups excluding carboxylic acids is 1. The monoisotopic (exact) mass is 571 g/mol. The molecule has 0 spiro atoms. The molecule has 0 bridgehead atoms. The van der Waals surface area contributed by atoms with Crippen LogP contribution in [0, 0.1) is 12.8 Å². The summed E-state index contributed by atoms with van der Waals surface area (Å²) < 4.78 is 6.33. The van der Waals surface area contributed by atoms with Gasteiger partial charge in [0, 0.05) is 43.7 Å². The molecule has 0 radical (unpaired) electrons. The Morgan fingerprint density at radius 2 is 2.05 bits per heavy atom. The number of anilines is 1. The Hall–Kier alpha value is -3.65. The van der Waals surface area contributed by atoms with Gasteiger partial charge >= 0.3 is 6.01 Å². The molecule has 8 heteroatoms. The zero-order valence-corrected chi connectivity index (χ0v) is 25.6. The van der Waals surface area contributed by atoms with Crippen LogP contribution in [0.25, 0.3) is 11.6 Å². The molecule has 2 aromatic rings. The maximum Gasteiger partial charge on any atom is 0.318 e. The maximum absolute atomic E-state index is 12.3. The van der Waals surface area contributed by atoms with Crippen LogP contribution in [0.3, 0.4) is 0 Å². The van der Waals surface area contributed by atoms with Gasteiger partial charge in [0.2, 0.25) is 5.91 Å². The first kappa shape index (κ1) is 29.8. The minimum absolute atomic E-state index is 0.0328. The molecule has 42 heavy (non-hydrogen) atoms. The van der Waals surface area contributed by atoms with Crippen LogP contribution >= 0.6 is 0 Å². The summed E-state index contributed by atoms with van der Waals surface area (Å²) in [6.45, 7) is 13.7. The van der Waals surface area contributed by atoms with Crippen molar-refractivity contribution in [2.24, 2.45) is 5.92 Å². The first-order valence-electron chi connectivity index (χ1n) is 15.4. The number of carbonyl (C=O) groups is 1. The second-order valence-corrected chi connectivity index (χ2v) is 11.9. The van der Waals surface area contributed by atoms with Crippen LogP contribution < -0.4 is 9.64 Å². The fourth-order valence-corrected chi connectivity index (χ4v) is 6.58. The van der Waals surface area contributed by atoms with Crippen molar-refractivity contribution in [3.63, 3.8) is 0 Å². The number of nitrogens with zero attached hydrogens (tertiary/aromatic N) is 5. The Morgan fingerprint density at radius 3 is 2.76 bits per heavy atom. The molecule has 2 fully saturated rings. The summed E-state index contributed by atoms with van der Waals surface area (Å²) in [5, 5.41) is 10.5. The molecule has 0 saturated carbocycles. The number of amides is 1. The highest BCUT2D eigenvalue weighted by Crippen LogP contribution is 2.37. The Morgan fingerprint density at radius 1 is 1.24 bits per heavy atom. The lowest BCUT2D eigenvalue weighted by molar-refractivity contribution is -0.126. The molecule has 5 rings (SSSR count). The lowest BCUT2D eigenvalue weighted by atomic mass is 9.84. The second kappa shape index (κ2) is 13.1. The molecule has 1 aromatic carbocycles. The van der Waals surface area contributed by atoms with Gasteiger partial charge in [-0.25, -0.2) is 0 Å². The van der Waals surface area contributed by atoms with Crippen LogP contribution in [-0.4, -0.2) is 82.7 Å². The molecule has 1 aromatic heterocycles. The molecule has 8 nitrogen and oxygen atoms in total. The molecule has 3 heterocycles. The molecule has 224 valence electrons. The summed E-state index contributed by atoms with van der Waals surface area (Å²) in [4.78, 5) is 28.8. The summed E-state index contributed by atoms with van der Waals surface area (Å²) in [6, 6.07) is 9.17. The van der Waals surface area contributed by atoms with Crippen LogP contribution in [0.2, 0.25) is 0 Å². The number of piperazine rings is 1. The number of hydrogen-bond donors (Lipinski definition) is 1. The molecule has 3 aliphatic rings. The SMILES string of the molecule is C=CC(=O)N1CCN(c2nc(OCC3CCCN3C)nc(C[C@H](CC)C3=CCC(O)=Cc4ccccc43)c2C)[C@@H](C)C1. The number of hydrogen-bond acceptors (Lipinski definition) is 7. The van der Waals surface area contributed by atoms with Gasteiger partial charge in [0.05, 0.1) is 11.5 Å². The van der Waals surface area contributed by atoms with E-state index in [9.17, 15) is 9.90 Å². The van der Waals surface area contributed by atoms with Crippen LogP contribution in [0.15, 0.2) is 48.8 Å². The van der Waals surface area contributed by atoms with Gasteiger partial charge in [-0.2, -0.15) is 9.97 Å². The molecule has 2 saturated heterocycles. The van der Waals surface area contributed by atoms with Crippen LogP contribution in [-0.2, 0) is 11.2 Å². The minimum atomic E-state index is -0.0328. The third kappa shape index (κ3) is 6.38. The number of aliphatic hydroxyl groups excluding tert-OH is 1. The number of likely N-dealkylation sites (tertiary alicyclic amines) is 1. The number of ether oxygens (including phenoxy) is 1. The van der Waals surface area contributed by atoms with Crippen LogP contribution in [0.1, 0.15) is 61.9 Å². The van der Waals surface area contributed by atoms with Gasteiger partial charge in [0.15, 0.2) is 0 Å². The number of fused-ring (bicyclic) bond motifs is 1. The Balaban J connectivity index is 1.47. The highest BCUT2D eigenvalue weighted by Gasteiger charge is 2.30. The van der Waals surface area contributed by atoms with E-state index in [1.165, 1.54) is 18.1 Å². The van der Waals surface area contributed by atoms with E-state index in [2.05, 4.69) is 68.5 Å². The van der Waals surface area contributed by atoms with Crippen molar-refractivity contribution in [3.05, 3.63) is 71.1 Å². The van der Waals surface area contributed by atoms with E-state index in [4.69, 9.17) is 14.7 Å². The Labute approximate surface area is 250 Å². The predicted octanol–water partition coefficient (Wildman–Crippen LogP) is 5.44. The largest absolute Gasteiger partial charge is 0.512 e. The quantitative estimate of drug-likeness (QED) is 0.402. The summed E-state index contributed by atoms with van der Waals surface area (Å²) >= 11 is 0. The molecule has 3 atom stereocenters. The zero-order valence-electron chi connectivity index (χ0n) is 25.6. The highest BCUT2D eigenvalue weighted by atomic mass is 16.5. The van der Waals surface area contributed by atoms with E-state index in [0.29, 0.717) is 50.5 Å². The average molecular weight is 572 g/mol. The minimum Gasteiger partial charge on any atom is -0.512 e. The van der Waals surface area contributed by atoms with E-state index < -0.39 is 0 Å². The van der Waals surface area contributed by atoms with Gasteiger partial charge in [-0.05, 0) is 87.9 Å². The number of allylic oxidation sites excluding steroid dienone is 2. The maximum atomic E-state index is 12.3. The fourth-order valence-electron chi connectivity index (χ4n) is 6.58. The molecule has 1 N–H and O–H groups in total. The molecule has 1 amide bonds. The average Bonchev–Trinajstić information content (AvgIpc) is 3.32. The van der Waals surface area contributed by atoms with E-state index in [0.717, 1.165) is 54.0 Å². The fraction of sp³-hybridized carbons (Fsp3) is 0.500. The normalized spacial score (nSPS) is 21.7. The summed E-state index contributed by atoms with van der Waals surface area (Å²) in [5.74, 6) is 1.44. The zero-order chi connectivity index (χ0) is 29.8. The highest BCUT2D eigenvalue weighted by molar-refractivity contribution is 5.87. The predicted molar refractivity (Wildman–Crippen MR) is 169 cm³/mol. The number of aromatic nitrogens is 2. The van der Waals surface area contributed by atoms with E-state index in [1.54, 1.807) is 0 Å². The summed E-state index contributed by atoms with van der Waals surface area (Å²) in [5.41, 5.74) is 5.49. The van der Waals surface area contributed by atoms with Gasteiger partial charge in [-0.15, -0.1) is 0 Å². The van der Waals surface area contributed by atoms with Crippen molar-refractivity contribution < 1.29 is 14.6 Å². The van der Waals surface area contributed by atoms with Crippen molar-refractivity contribution in [3.8, 4) is 6.01 Å². The summed E-state index contributed by atoms with van der Waals surface area (Å²) in [6.07, 6.45) is 9.93. The third-order valence-corrected chi connectivity index (χ3v) is 9.16. The Bertz CT molecular complexity index is 1370. The third-order valence-electron chi connectivity index (χ3n) is 9.16. The first-order valence-corrected chi connectivity index (χ1v) is 15.4. The number of aliphatic hydroxyl groups is 1. The second-order valence-electron chi connectivity index (χ2n) is 11.9. The van der Waals surface area contributed by atoms with E-state index in [1.807, 2.05) is 17.0 Å². The van der Waals surface area contributed by atoms with Crippen molar-refractivity contribution >= 4 is 23.4 Å². The number of likely N-dealkylation sites (N-methyl/N-ethyl adjacent to an activating group) is 1. The number of rotatable bonds is 9. The van der Waals surface area contributed by atoms with Crippen LogP contribution in [0.5, 0.6) is 6.01 Å². The first-order chi connectivity index (χ1) is 20.3.